The van der Waals surface area contributed by atoms with E-state index in [2.05, 4.69) is 13.5 Å². The van der Waals surface area contributed by atoms with Gasteiger partial charge in [-0.05, 0) is 55.9 Å². The number of Topliss-reactive ketones (excluding diaryl/α,β-unsaturated/α-hetero) is 2. The molecule has 0 radical (unpaired) electrons. The molecule has 0 aliphatic heterocycles. The van der Waals surface area contributed by atoms with Gasteiger partial charge in [-0.3, -0.25) is 9.59 Å². The Bertz CT molecular complexity index is 643. The van der Waals surface area contributed by atoms with Crippen molar-refractivity contribution < 1.29 is 14.7 Å². The molecule has 0 amide bonds. The second kappa shape index (κ2) is 4.19. The molecule has 22 heavy (non-hydrogen) atoms. The minimum absolute atomic E-state index is 0.0506. The monoisotopic (exact) mass is 300 g/mol. The van der Waals surface area contributed by atoms with E-state index in [-0.39, 0.29) is 28.8 Å². The van der Waals surface area contributed by atoms with E-state index in [4.69, 9.17) is 0 Å². The molecule has 3 heteroatoms. The maximum Gasteiger partial charge on any atom is 0.168 e. The van der Waals surface area contributed by atoms with Crippen LogP contribution in [0.15, 0.2) is 23.3 Å². The molecular formula is C19H24O3. The summed E-state index contributed by atoms with van der Waals surface area (Å²) in [6.07, 6.45) is 3.80. The molecule has 0 aromatic heterocycles. The lowest BCUT2D eigenvalue weighted by Crippen LogP contribution is -2.63. The minimum atomic E-state index is -0.849. The molecule has 4 saturated carbocycles. The molecule has 4 fully saturated rings. The molecule has 5 atom stereocenters. The molecule has 1 N–H and O–H groups in total. The van der Waals surface area contributed by atoms with E-state index in [9.17, 15) is 14.7 Å². The summed E-state index contributed by atoms with van der Waals surface area (Å²) in [7, 11) is 0. The molecule has 0 aromatic rings. The van der Waals surface area contributed by atoms with Gasteiger partial charge in [0.1, 0.15) is 6.10 Å². The first-order valence-corrected chi connectivity index (χ1v) is 8.45. The fourth-order valence-corrected chi connectivity index (χ4v) is 6.16. The normalized spacial score (nSPS) is 47.6. The van der Waals surface area contributed by atoms with Crippen LogP contribution in [0.1, 0.15) is 52.4 Å². The van der Waals surface area contributed by atoms with Crippen LogP contribution in [-0.2, 0) is 9.59 Å². The summed E-state index contributed by atoms with van der Waals surface area (Å²) in [5, 5.41) is 10.4. The number of allylic oxidation sites excluding steroid dienone is 2. The minimum Gasteiger partial charge on any atom is -0.385 e. The van der Waals surface area contributed by atoms with E-state index in [1.807, 2.05) is 6.92 Å². The summed E-state index contributed by atoms with van der Waals surface area (Å²) < 4.78 is 0. The number of rotatable bonds is 0. The molecule has 1 spiro atoms. The topological polar surface area (TPSA) is 54.4 Å². The Balaban J connectivity index is 1.86. The van der Waals surface area contributed by atoms with Crippen LogP contribution in [0.25, 0.3) is 0 Å². The van der Waals surface area contributed by atoms with Crippen LogP contribution in [0.5, 0.6) is 0 Å². The third-order valence-electron chi connectivity index (χ3n) is 7.39. The highest BCUT2D eigenvalue weighted by Gasteiger charge is 2.66. The van der Waals surface area contributed by atoms with Crippen molar-refractivity contribution in [2.24, 2.45) is 22.7 Å². The van der Waals surface area contributed by atoms with Crippen LogP contribution in [0, 0.1) is 22.7 Å². The fourth-order valence-electron chi connectivity index (χ4n) is 6.16. The SMILES string of the molecule is C=C1C[C@@]23CCC4=C(C)C(=O)CC[C@@]4(C)[C@@H]2C[C@@H]1[C@@H](O)C3=O. The molecule has 0 aromatic carbocycles. The molecule has 118 valence electrons. The smallest absolute Gasteiger partial charge is 0.168 e. The van der Waals surface area contributed by atoms with Crippen LogP contribution in [-0.4, -0.2) is 22.8 Å². The molecule has 0 saturated heterocycles. The van der Waals surface area contributed by atoms with Gasteiger partial charge in [-0.1, -0.05) is 24.6 Å². The zero-order chi connectivity index (χ0) is 15.9. The van der Waals surface area contributed by atoms with Gasteiger partial charge in [0.15, 0.2) is 11.6 Å². The number of hydrogen-bond acceptors (Lipinski definition) is 3. The number of aliphatic hydroxyl groups is 1. The maximum absolute atomic E-state index is 12.9. The Kier molecular flexibility index (Phi) is 2.74. The highest BCUT2D eigenvalue weighted by atomic mass is 16.3. The van der Waals surface area contributed by atoms with Gasteiger partial charge in [0.2, 0.25) is 0 Å². The molecule has 0 unspecified atom stereocenters. The second-order valence-electron chi connectivity index (χ2n) is 8.14. The maximum atomic E-state index is 12.9. The Morgan fingerprint density at radius 3 is 2.68 bits per heavy atom. The number of hydrogen-bond donors (Lipinski definition) is 1. The molecule has 5 aliphatic rings. The average molecular weight is 300 g/mol. The third-order valence-corrected chi connectivity index (χ3v) is 7.39. The second-order valence-corrected chi connectivity index (χ2v) is 8.14. The van der Waals surface area contributed by atoms with E-state index in [0.717, 1.165) is 43.3 Å². The van der Waals surface area contributed by atoms with Crippen LogP contribution >= 0.6 is 0 Å². The standard InChI is InChI=1S/C19H24O3/c1-10-9-19-7-4-13-11(2)14(20)5-6-18(13,3)15(19)8-12(10)16(21)17(19)22/h12,15-16,21H,1,4-9H2,2-3H3/t12-,15-,16+,18+,19-/m0/s1. The average Bonchev–Trinajstić information content (AvgIpc) is 2.48. The predicted octanol–water partition coefficient (Wildman–Crippen LogP) is 2.98. The fraction of sp³-hybridized carbons (Fsp3) is 0.684. The third kappa shape index (κ3) is 1.46. The van der Waals surface area contributed by atoms with Gasteiger partial charge in [0.25, 0.3) is 0 Å². The molecule has 5 rings (SSSR count). The van der Waals surface area contributed by atoms with Gasteiger partial charge < -0.3 is 5.11 Å². The number of carbonyl (C=O) groups is 2. The van der Waals surface area contributed by atoms with Crippen molar-refractivity contribution in [3.05, 3.63) is 23.3 Å². The van der Waals surface area contributed by atoms with Crippen molar-refractivity contribution in [2.75, 3.05) is 0 Å². The molecule has 3 nitrogen and oxygen atoms in total. The Morgan fingerprint density at radius 1 is 1.23 bits per heavy atom. The van der Waals surface area contributed by atoms with E-state index in [1.165, 1.54) is 5.57 Å². The van der Waals surface area contributed by atoms with Crippen molar-refractivity contribution in [3.8, 4) is 0 Å². The highest BCUT2D eigenvalue weighted by Crippen LogP contribution is 2.68. The first-order valence-electron chi connectivity index (χ1n) is 8.45. The Morgan fingerprint density at radius 2 is 1.95 bits per heavy atom. The van der Waals surface area contributed by atoms with Gasteiger partial charge in [-0.15, -0.1) is 0 Å². The van der Waals surface area contributed by atoms with Gasteiger partial charge in [0.05, 0.1) is 0 Å². The molecule has 2 bridgehead atoms. The van der Waals surface area contributed by atoms with Crippen molar-refractivity contribution in [3.63, 3.8) is 0 Å². The first-order chi connectivity index (χ1) is 10.3. The number of fused-ring (bicyclic) bond motifs is 3. The summed E-state index contributed by atoms with van der Waals surface area (Å²) in [5.41, 5.74) is 2.81. The van der Waals surface area contributed by atoms with Crippen molar-refractivity contribution in [1.82, 2.24) is 0 Å². The van der Waals surface area contributed by atoms with Crippen molar-refractivity contribution in [2.45, 2.75) is 58.5 Å². The summed E-state index contributed by atoms with van der Waals surface area (Å²) >= 11 is 0. The zero-order valence-corrected chi connectivity index (χ0v) is 13.4. The van der Waals surface area contributed by atoms with Crippen LogP contribution in [0.2, 0.25) is 0 Å². The lowest BCUT2D eigenvalue weighted by atomic mass is 9.40. The summed E-state index contributed by atoms with van der Waals surface area (Å²) in [6, 6.07) is 0. The molecule has 0 heterocycles. The lowest BCUT2D eigenvalue weighted by Gasteiger charge is -2.63. The van der Waals surface area contributed by atoms with Gasteiger partial charge in [-0.25, -0.2) is 0 Å². The van der Waals surface area contributed by atoms with Gasteiger partial charge in [0, 0.05) is 17.8 Å². The van der Waals surface area contributed by atoms with Crippen LogP contribution in [0.4, 0.5) is 0 Å². The first kappa shape index (κ1) is 14.4. The summed E-state index contributed by atoms with van der Waals surface area (Å²) in [4.78, 5) is 25.0. The van der Waals surface area contributed by atoms with Gasteiger partial charge in [-0.2, -0.15) is 0 Å². The molecular weight excluding hydrogens is 276 g/mol. The largest absolute Gasteiger partial charge is 0.385 e. The number of carbonyl (C=O) groups excluding carboxylic acids is 2. The van der Waals surface area contributed by atoms with Crippen LogP contribution in [0.3, 0.4) is 0 Å². The van der Waals surface area contributed by atoms with E-state index in [1.54, 1.807) is 0 Å². The molecule has 5 aliphatic carbocycles. The Labute approximate surface area is 131 Å². The number of ketones is 2. The highest BCUT2D eigenvalue weighted by molar-refractivity contribution is 5.97. The summed E-state index contributed by atoms with van der Waals surface area (Å²) in [6.45, 7) is 8.36. The quantitative estimate of drug-likeness (QED) is 0.700. The number of aliphatic hydroxyl groups excluding tert-OH is 1. The Hall–Kier alpha value is -1.22. The van der Waals surface area contributed by atoms with E-state index < -0.39 is 11.5 Å². The van der Waals surface area contributed by atoms with E-state index in [0.29, 0.717) is 6.42 Å². The zero-order valence-electron chi connectivity index (χ0n) is 13.4. The van der Waals surface area contributed by atoms with Crippen LogP contribution < -0.4 is 0 Å². The van der Waals surface area contributed by atoms with Crippen molar-refractivity contribution in [1.29, 1.82) is 0 Å². The summed E-state index contributed by atoms with van der Waals surface area (Å²) in [5.74, 6) is 0.517. The lowest BCUT2D eigenvalue weighted by molar-refractivity contribution is -0.167. The predicted molar refractivity (Wildman–Crippen MR) is 83.1 cm³/mol. The van der Waals surface area contributed by atoms with Crippen molar-refractivity contribution >= 4 is 11.6 Å². The van der Waals surface area contributed by atoms with E-state index >= 15 is 0 Å². The van der Waals surface area contributed by atoms with Gasteiger partial charge >= 0.3 is 0 Å².